The van der Waals surface area contributed by atoms with Crippen molar-refractivity contribution >= 4 is 11.5 Å². The molecule has 0 saturated heterocycles. The van der Waals surface area contributed by atoms with Crippen molar-refractivity contribution in [1.82, 2.24) is 4.98 Å². The van der Waals surface area contributed by atoms with Crippen molar-refractivity contribution < 1.29 is 4.74 Å². The summed E-state index contributed by atoms with van der Waals surface area (Å²) < 4.78 is 5.23. The molecule has 4 heteroatoms. The minimum absolute atomic E-state index is 0.731. The molecule has 1 aromatic rings. The number of nitrogens with two attached hydrogens (primary N) is 1. The van der Waals surface area contributed by atoms with Gasteiger partial charge in [0.05, 0.1) is 11.9 Å². The lowest BCUT2D eigenvalue weighted by Gasteiger charge is -2.07. The number of aryl methyl sites for hydroxylation is 1. The van der Waals surface area contributed by atoms with Crippen LogP contribution in [0.3, 0.4) is 0 Å². The molecule has 0 aromatic carbocycles. The monoisotopic (exact) mass is 209 g/mol. The molecule has 0 aliphatic heterocycles. The number of pyridine rings is 1. The Morgan fingerprint density at radius 1 is 1.53 bits per heavy atom. The SMILES string of the molecule is CCOCCCNc1cc(C)c(N)cn1. The van der Waals surface area contributed by atoms with E-state index in [1.807, 2.05) is 19.9 Å². The third-order valence-electron chi connectivity index (χ3n) is 2.13. The number of nitrogens with zero attached hydrogens (tertiary/aromatic N) is 1. The van der Waals surface area contributed by atoms with Gasteiger partial charge in [-0.15, -0.1) is 0 Å². The maximum absolute atomic E-state index is 5.67. The van der Waals surface area contributed by atoms with Crippen molar-refractivity contribution in [1.29, 1.82) is 0 Å². The Morgan fingerprint density at radius 3 is 3.00 bits per heavy atom. The van der Waals surface area contributed by atoms with Crippen LogP contribution in [0.15, 0.2) is 12.3 Å². The molecule has 84 valence electrons. The van der Waals surface area contributed by atoms with Crippen molar-refractivity contribution in [2.24, 2.45) is 0 Å². The predicted molar refractivity (Wildman–Crippen MR) is 63.0 cm³/mol. The molecular formula is C11H19N3O. The Morgan fingerprint density at radius 2 is 2.33 bits per heavy atom. The zero-order chi connectivity index (χ0) is 11.1. The topological polar surface area (TPSA) is 60.2 Å². The Balaban J connectivity index is 2.28. The normalized spacial score (nSPS) is 10.3. The lowest BCUT2D eigenvalue weighted by molar-refractivity contribution is 0.147. The highest BCUT2D eigenvalue weighted by atomic mass is 16.5. The lowest BCUT2D eigenvalue weighted by atomic mass is 10.2. The second kappa shape index (κ2) is 6.24. The first-order valence-corrected chi connectivity index (χ1v) is 5.27. The molecule has 0 saturated carbocycles. The van der Waals surface area contributed by atoms with Crippen LogP contribution in [0.25, 0.3) is 0 Å². The summed E-state index contributed by atoms with van der Waals surface area (Å²) in [5, 5.41) is 3.22. The fourth-order valence-corrected chi connectivity index (χ4v) is 1.20. The molecule has 0 aliphatic rings. The predicted octanol–water partition coefficient (Wildman–Crippen LogP) is 1.81. The van der Waals surface area contributed by atoms with E-state index in [1.54, 1.807) is 6.20 Å². The van der Waals surface area contributed by atoms with E-state index in [0.717, 1.165) is 43.2 Å². The molecule has 0 fully saturated rings. The summed E-state index contributed by atoms with van der Waals surface area (Å²) in [7, 11) is 0. The van der Waals surface area contributed by atoms with Crippen LogP contribution in [0, 0.1) is 6.92 Å². The highest BCUT2D eigenvalue weighted by Crippen LogP contribution is 2.12. The molecule has 3 N–H and O–H groups in total. The van der Waals surface area contributed by atoms with Gasteiger partial charge >= 0.3 is 0 Å². The van der Waals surface area contributed by atoms with E-state index in [0.29, 0.717) is 0 Å². The zero-order valence-corrected chi connectivity index (χ0v) is 9.42. The number of hydrogen-bond donors (Lipinski definition) is 2. The van der Waals surface area contributed by atoms with Gasteiger partial charge in [0.2, 0.25) is 0 Å². The first-order valence-electron chi connectivity index (χ1n) is 5.27. The second-order valence-corrected chi connectivity index (χ2v) is 3.40. The number of anilines is 2. The minimum atomic E-state index is 0.731. The molecule has 4 nitrogen and oxygen atoms in total. The summed E-state index contributed by atoms with van der Waals surface area (Å²) in [4.78, 5) is 4.18. The summed E-state index contributed by atoms with van der Waals surface area (Å²) in [6.45, 7) is 6.41. The number of aromatic nitrogens is 1. The van der Waals surface area contributed by atoms with Gasteiger partial charge in [0, 0.05) is 19.8 Å². The van der Waals surface area contributed by atoms with Gasteiger partial charge in [-0.1, -0.05) is 0 Å². The number of rotatable bonds is 6. The van der Waals surface area contributed by atoms with Crippen molar-refractivity contribution in [2.45, 2.75) is 20.3 Å². The van der Waals surface area contributed by atoms with Gasteiger partial charge in [-0.25, -0.2) is 4.98 Å². The van der Waals surface area contributed by atoms with Gasteiger partial charge in [0.25, 0.3) is 0 Å². The summed E-state index contributed by atoms with van der Waals surface area (Å²) in [6, 6.07) is 1.95. The van der Waals surface area contributed by atoms with Gasteiger partial charge in [0.1, 0.15) is 5.82 Å². The minimum Gasteiger partial charge on any atom is -0.397 e. The summed E-state index contributed by atoms with van der Waals surface area (Å²) in [5.74, 6) is 0.873. The maximum Gasteiger partial charge on any atom is 0.126 e. The molecule has 0 bridgehead atoms. The van der Waals surface area contributed by atoms with Gasteiger partial charge < -0.3 is 15.8 Å². The number of hydrogen-bond acceptors (Lipinski definition) is 4. The van der Waals surface area contributed by atoms with E-state index >= 15 is 0 Å². The second-order valence-electron chi connectivity index (χ2n) is 3.40. The van der Waals surface area contributed by atoms with Crippen molar-refractivity contribution in [3.05, 3.63) is 17.8 Å². The molecule has 0 unspecified atom stereocenters. The molecule has 0 atom stereocenters. The van der Waals surface area contributed by atoms with E-state index < -0.39 is 0 Å². The fraction of sp³-hybridized carbons (Fsp3) is 0.545. The van der Waals surface area contributed by atoms with E-state index in [4.69, 9.17) is 10.5 Å². The Kier molecular flexibility index (Phi) is 4.90. The van der Waals surface area contributed by atoms with Gasteiger partial charge in [0.15, 0.2) is 0 Å². The first kappa shape index (κ1) is 11.8. The molecule has 0 radical (unpaired) electrons. The van der Waals surface area contributed by atoms with Crippen LogP contribution in [0.5, 0.6) is 0 Å². The van der Waals surface area contributed by atoms with E-state index in [2.05, 4.69) is 10.3 Å². The molecule has 1 heterocycles. The molecule has 1 aromatic heterocycles. The molecule has 0 spiro atoms. The van der Waals surface area contributed by atoms with Gasteiger partial charge in [-0.2, -0.15) is 0 Å². The van der Waals surface area contributed by atoms with Crippen LogP contribution in [0.2, 0.25) is 0 Å². The summed E-state index contributed by atoms with van der Waals surface area (Å²) in [5.41, 5.74) is 7.46. The average molecular weight is 209 g/mol. The van der Waals surface area contributed by atoms with Crippen LogP contribution >= 0.6 is 0 Å². The third kappa shape index (κ3) is 4.16. The molecule has 1 rings (SSSR count). The lowest BCUT2D eigenvalue weighted by Crippen LogP contribution is -2.07. The standard InChI is InChI=1S/C11H19N3O/c1-3-15-6-4-5-13-11-7-9(2)10(12)8-14-11/h7-8H,3-6,12H2,1-2H3,(H,13,14). The zero-order valence-electron chi connectivity index (χ0n) is 9.42. The molecule has 15 heavy (non-hydrogen) atoms. The van der Waals surface area contributed by atoms with Crippen LogP contribution in [0.1, 0.15) is 18.9 Å². The third-order valence-corrected chi connectivity index (χ3v) is 2.13. The highest BCUT2D eigenvalue weighted by Gasteiger charge is 1.97. The number of ether oxygens (including phenoxy) is 1. The Hall–Kier alpha value is -1.29. The average Bonchev–Trinajstić information content (AvgIpc) is 2.23. The van der Waals surface area contributed by atoms with Crippen LogP contribution < -0.4 is 11.1 Å². The van der Waals surface area contributed by atoms with Crippen LogP contribution in [-0.4, -0.2) is 24.7 Å². The largest absolute Gasteiger partial charge is 0.397 e. The van der Waals surface area contributed by atoms with E-state index in [9.17, 15) is 0 Å². The maximum atomic E-state index is 5.67. The smallest absolute Gasteiger partial charge is 0.126 e. The summed E-state index contributed by atoms with van der Waals surface area (Å²) in [6.07, 6.45) is 2.67. The number of nitrogen functional groups attached to an aromatic ring is 1. The van der Waals surface area contributed by atoms with Crippen molar-refractivity contribution in [2.75, 3.05) is 30.8 Å². The Bertz CT molecular complexity index is 302. The number of nitrogens with one attached hydrogen (secondary N) is 1. The van der Waals surface area contributed by atoms with Crippen LogP contribution in [-0.2, 0) is 4.74 Å². The molecule has 0 aliphatic carbocycles. The first-order chi connectivity index (χ1) is 7.24. The van der Waals surface area contributed by atoms with E-state index in [1.165, 1.54) is 0 Å². The van der Waals surface area contributed by atoms with Crippen molar-refractivity contribution in [3.63, 3.8) is 0 Å². The Labute approximate surface area is 90.8 Å². The quantitative estimate of drug-likeness (QED) is 0.701. The van der Waals surface area contributed by atoms with Crippen LogP contribution in [0.4, 0.5) is 11.5 Å². The van der Waals surface area contributed by atoms with Crippen molar-refractivity contribution in [3.8, 4) is 0 Å². The summed E-state index contributed by atoms with van der Waals surface area (Å²) >= 11 is 0. The van der Waals surface area contributed by atoms with Gasteiger partial charge in [-0.3, -0.25) is 0 Å². The molecule has 0 amide bonds. The van der Waals surface area contributed by atoms with E-state index in [-0.39, 0.29) is 0 Å². The van der Waals surface area contributed by atoms with Gasteiger partial charge in [-0.05, 0) is 31.9 Å². The highest BCUT2D eigenvalue weighted by molar-refractivity contribution is 5.50. The molecular weight excluding hydrogens is 190 g/mol. The fourth-order valence-electron chi connectivity index (χ4n) is 1.20.